The van der Waals surface area contributed by atoms with Crippen molar-refractivity contribution in [3.05, 3.63) is 41.7 Å². The number of hydrazine groups is 1. The van der Waals surface area contributed by atoms with E-state index in [-0.39, 0.29) is 0 Å². The first-order valence-electron chi connectivity index (χ1n) is 7.25. The Balaban J connectivity index is 1.98. The molecule has 110 valence electrons. The fraction of sp³-hybridized carbons (Fsp3) is 0.375. The Bertz CT molecular complexity index is 609. The Labute approximate surface area is 124 Å². The molecule has 5 nitrogen and oxygen atoms in total. The van der Waals surface area contributed by atoms with E-state index in [9.17, 15) is 0 Å². The van der Waals surface area contributed by atoms with Gasteiger partial charge in [0.1, 0.15) is 11.6 Å². The monoisotopic (exact) mass is 284 g/mol. The summed E-state index contributed by atoms with van der Waals surface area (Å²) >= 11 is 0. The number of hydrogen-bond acceptors (Lipinski definition) is 5. The van der Waals surface area contributed by atoms with Crippen LogP contribution in [0.25, 0.3) is 11.3 Å². The van der Waals surface area contributed by atoms with Gasteiger partial charge in [-0.25, -0.2) is 15.8 Å². The molecule has 0 amide bonds. The number of nitrogen functional groups attached to an aromatic ring is 1. The molecule has 1 atom stereocenters. The predicted molar refractivity (Wildman–Crippen MR) is 82.6 cm³/mol. The van der Waals surface area contributed by atoms with Crippen molar-refractivity contribution in [1.29, 1.82) is 0 Å². The normalized spacial score (nSPS) is 17.9. The Morgan fingerprint density at radius 3 is 2.76 bits per heavy atom. The maximum Gasteiger partial charge on any atom is 0.147 e. The van der Waals surface area contributed by atoms with Crippen LogP contribution in [-0.4, -0.2) is 23.2 Å². The second-order valence-corrected chi connectivity index (χ2v) is 5.41. The summed E-state index contributed by atoms with van der Waals surface area (Å²) in [5, 5.41) is 0. The molecule has 1 aliphatic heterocycles. The van der Waals surface area contributed by atoms with Crippen molar-refractivity contribution in [2.75, 3.05) is 18.6 Å². The SMILES string of the molecule is Cc1c(NN)nc(CC2CCOC2)nc1-c1ccccc1. The van der Waals surface area contributed by atoms with Gasteiger partial charge in [-0.2, -0.15) is 0 Å². The topological polar surface area (TPSA) is 73.1 Å². The van der Waals surface area contributed by atoms with Crippen molar-refractivity contribution in [3.63, 3.8) is 0 Å². The van der Waals surface area contributed by atoms with Gasteiger partial charge in [-0.1, -0.05) is 30.3 Å². The molecule has 1 aromatic carbocycles. The average molecular weight is 284 g/mol. The van der Waals surface area contributed by atoms with Crippen LogP contribution in [-0.2, 0) is 11.2 Å². The number of nitrogens with one attached hydrogen (secondary N) is 1. The van der Waals surface area contributed by atoms with Crippen LogP contribution in [0.5, 0.6) is 0 Å². The van der Waals surface area contributed by atoms with Gasteiger partial charge in [0, 0.05) is 30.8 Å². The summed E-state index contributed by atoms with van der Waals surface area (Å²) < 4.78 is 5.43. The zero-order chi connectivity index (χ0) is 14.7. The van der Waals surface area contributed by atoms with Crippen LogP contribution in [0.1, 0.15) is 17.8 Å². The van der Waals surface area contributed by atoms with Gasteiger partial charge in [0.25, 0.3) is 0 Å². The summed E-state index contributed by atoms with van der Waals surface area (Å²) in [5.41, 5.74) is 5.67. The number of nitrogens with zero attached hydrogens (tertiary/aromatic N) is 2. The Morgan fingerprint density at radius 2 is 2.10 bits per heavy atom. The smallest absolute Gasteiger partial charge is 0.147 e. The molecule has 3 rings (SSSR count). The van der Waals surface area contributed by atoms with Crippen LogP contribution >= 0.6 is 0 Å². The molecule has 0 aliphatic carbocycles. The molecule has 1 aliphatic rings. The van der Waals surface area contributed by atoms with E-state index < -0.39 is 0 Å². The summed E-state index contributed by atoms with van der Waals surface area (Å²) in [6, 6.07) is 10.1. The maximum atomic E-state index is 5.61. The molecule has 1 aromatic heterocycles. The first kappa shape index (κ1) is 14.0. The number of hydrogen-bond donors (Lipinski definition) is 2. The maximum absolute atomic E-state index is 5.61. The van der Waals surface area contributed by atoms with Crippen LogP contribution in [0.3, 0.4) is 0 Å². The highest BCUT2D eigenvalue weighted by Crippen LogP contribution is 2.26. The van der Waals surface area contributed by atoms with Crippen LogP contribution in [0.4, 0.5) is 5.82 Å². The molecule has 1 unspecified atom stereocenters. The lowest BCUT2D eigenvalue weighted by molar-refractivity contribution is 0.185. The molecule has 0 saturated carbocycles. The molecule has 5 heteroatoms. The standard InChI is InChI=1S/C16H20N4O/c1-11-15(13-5-3-2-4-6-13)18-14(19-16(11)20-17)9-12-7-8-21-10-12/h2-6,12H,7-10,17H2,1H3,(H,18,19,20). The second kappa shape index (κ2) is 6.20. The highest BCUT2D eigenvalue weighted by molar-refractivity contribution is 5.67. The van der Waals surface area contributed by atoms with Gasteiger partial charge in [0.15, 0.2) is 0 Å². The Hall–Kier alpha value is -1.98. The van der Waals surface area contributed by atoms with Crippen molar-refractivity contribution in [1.82, 2.24) is 9.97 Å². The van der Waals surface area contributed by atoms with Gasteiger partial charge in [-0.05, 0) is 19.3 Å². The molecule has 21 heavy (non-hydrogen) atoms. The van der Waals surface area contributed by atoms with Crippen LogP contribution in [0.2, 0.25) is 0 Å². The lowest BCUT2D eigenvalue weighted by atomic mass is 10.0. The van der Waals surface area contributed by atoms with Crippen LogP contribution < -0.4 is 11.3 Å². The zero-order valence-electron chi connectivity index (χ0n) is 12.2. The molecular weight excluding hydrogens is 264 g/mol. The van der Waals surface area contributed by atoms with E-state index in [0.717, 1.165) is 48.7 Å². The number of aromatic nitrogens is 2. The molecule has 0 spiro atoms. The van der Waals surface area contributed by atoms with E-state index in [1.165, 1.54) is 0 Å². The fourth-order valence-corrected chi connectivity index (χ4v) is 2.67. The highest BCUT2D eigenvalue weighted by Gasteiger charge is 2.19. The van der Waals surface area contributed by atoms with E-state index in [1.807, 2.05) is 25.1 Å². The molecule has 1 fully saturated rings. The van der Waals surface area contributed by atoms with E-state index >= 15 is 0 Å². The first-order chi connectivity index (χ1) is 10.3. The van der Waals surface area contributed by atoms with Crippen molar-refractivity contribution in [2.45, 2.75) is 19.8 Å². The van der Waals surface area contributed by atoms with Crippen molar-refractivity contribution in [2.24, 2.45) is 11.8 Å². The summed E-state index contributed by atoms with van der Waals surface area (Å²) in [6.07, 6.45) is 1.90. The lowest BCUT2D eigenvalue weighted by Crippen LogP contribution is -2.15. The molecule has 0 bridgehead atoms. The molecule has 2 heterocycles. The third kappa shape index (κ3) is 3.04. The van der Waals surface area contributed by atoms with Crippen molar-refractivity contribution >= 4 is 5.82 Å². The van der Waals surface area contributed by atoms with Crippen LogP contribution in [0.15, 0.2) is 30.3 Å². The van der Waals surface area contributed by atoms with Gasteiger partial charge >= 0.3 is 0 Å². The van der Waals surface area contributed by atoms with Gasteiger partial charge in [0.2, 0.25) is 0 Å². The molecule has 2 aromatic rings. The minimum atomic E-state index is 0.502. The summed E-state index contributed by atoms with van der Waals surface area (Å²) in [4.78, 5) is 9.29. The number of rotatable bonds is 4. The third-order valence-corrected chi connectivity index (χ3v) is 3.87. The predicted octanol–water partition coefficient (Wildman–Crippen LogP) is 2.32. The lowest BCUT2D eigenvalue weighted by Gasteiger charge is -2.13. The van der Waals surface area contributed by atoms with Gasteiger partial charge in [-0.15, -0.1) is 0 Å². The Morgan fingerprint density at radius 1 is 1.29 bits per heavy atom. The summed E-state index contributed by atoms with van der Waals surface area (Å²) in [6.45, 7) is 3.62. The number of ether oxygens (including phenoxy) is 1. The van der Waals surface area contributed by atoms with E-state index in [4.69, 9.17) is 15.6 Å². The number of anilines is 1. The largest absolute Gasteiger partial charge is 0.381 e. The summed E-state index contributed by atoms with van der Waals surface area (Å²) in [5.74, 6) is 7.63. The average Bonchev–Trinajstić information content (AvgIpc) is 3.02. The quantitative estimate of drug-likeness (QED) is 0.666. The van der Waals surface area contributed by atoms with Crippen LogP contribution in [0, 0.1) is 12.8 Å². The van der Waals surface area contributed by atoms with E-state index in [2.05, 4.69) is 22.5 Å². The number of nitrogens with two attached hydrogens (primary N) is 1. The second-order valence-electron chi connectivity index (χ2n) is 5.41. The zero-order valence-corrected chi connectivity index (χ0v) is 12.2. The Kier molecular flexibility index (Phi) is 4.13. The fourth-order valence-electron chi connectivity index (χ4n) is 2.67. The highest BCUT2D eigenvalue weighted by atomic mass is 16.5. The van der Waals surface area contributed by atoms with E-state index in [1.54, 1.807) is 0 Å². The molecule has 0 radical (unpaired) electrons. The molecular formula is C16H20N4O. The molecule has 3 N–H and O–H groups in total. The van der Waals surface area contributed by atoms with Gasteiger partial charge < -0.3 is 10.2 Å². The minimum absolute atomic E-state index is 0.502. The first-order valence-corrected chi connectivity index (χ1v) is 7.25. The van der Waals surface area contributed by atoms with Gasteiger partial charge in [0.05, 0.1) is 5.69 Å². The van der Waals surface area contributed by atoms with E-state index in [0.29, 0.717) is 11.7 Å². The van der Waals surface area contributed by atoms with Gasteiger partial charge in [-0.3, -0.25) is 0 Å². The van der Waals surface area contributed by atoms with Crippen molar-refractivity contribution in [3.8, 4) is 11.3 Å². The number of benzene rings is 1. The third-order valence-electron chi connectivity index (χ3n) is 3.87. The summed E-state index contributed by atoms with van der Waals surface area (Å²) in [7, 11) is 0. The van der Waals surface area contributed by atoms with Crippen molar-refractivity contribution < 1.29 is 4.74 Å². The minimum Gasteiger partial charge on any atom is -0.381 e. The molecule has 1 saturated heterocycles.